The summed E-state index contributed by atoms with van der Waals surface area (Å²) in [5, 5.41) is 13.5. The van der Waals surface area contributed by atoms with Gasteiger partial charge in [0.25, 0.3) is 5.89 Å². The first-order valence-electron chi connectivity index (χ1n) is 3.84. The normalized spacial score (nSPS) is 13.2. The second-order valence-corrected chi connectivity index (χ2v) is 2.69. The van der Waals surface area contributed by atoms with E-state index in [1.165, 1.54) is 0 Å². The molecule has 5 nitrogen and oxygen atoms in total. The minimum atomic E-state index is -5.87. The molecule has 0 amide bonds. The number of alkyl halides is 5. The predicted molar refractivity (Wildman–Crippen MR) is 40.9 cm³/mol. The number of carbonyl (C=O) groups is 1. The second kappa shape index (κ2) is 4.11. The Bertz CT molecular complexity index is 451. The third-order valence-electron chi connectivity index (χ3n) is 1.43. The van der Waals surface area contributed by atoms with E-state index in [0.29, 0.717) is 12.2 Å². The molecule has 1 aromatic rings. The molecule has 0 fully saturated rings. The average molecular weight is 258 g/mol. The number of nitrogens with zero attached hydrogens (tertiary/aromatic N) is 2. The van der Waals surface area contributed by atoms with Gasteiger partial charge >= 0.3 is 18.1 Å². The minimum absolute atomic E-state index is 0.447. The van der Waals surface area contributed by atoms with Crippen molar-refractivity contribution in [2.75, 3.05) is 0 Å². The van der Waals surface area contributed by atoms with Crippen LogP contribution in [0.5, 0.6) is 0 Å². The van der Waals surface area contributed by atoms with Gasteiger partial charge in [-0.2, -0.15) is 22.0 Å². The summed E-state index contributed by atoms with van der Waals surface area (Å²) >= 11 is 0. The number of aliphatic carboxylic acids is 1. The second-order valence-electron chi connectivity index (χ2n) is 2.69. The Labute approximate surface area is 89.6 Å². The fraction of sp³-hybridized carbons (Fsp3) is 0.286. The molecule has 94 valence electrons. The van der Waals surface area contributed by atoms with Crippen molar-refractivity contribution in [1.82, 2.24) is 10.2 Å². The summed E-state index contributed by atoms with van der Waals surface area (Å²) in [6.45, 7) is 0. The summed E-state index contributed by atoms with van der Waals surface area (Å²) in [5.41, 5.74) is 0. The molecule has 10 heteroatoms. The predicted octanol–water partition coefficient (Wildman–Crippen LogP) is 1.82. The summed E-state index contributed by atoms with van der Waals surface area (Å²) in [5.74, 6) is -9.45. The van der Waals surface area contributed by atoms with Crippen molar-refractivity contribution < 1.29 is 36.3 Å². The van der Waals surface area contributed by atoms with Gasteiger partial charge in [-0.1, -0.05) is 0 Å². The Morgan fingerprint density at radius 2 is 1.82 bits per heavy atom. The van der Waals surface area contributed by atoms with Crippen LogP contribution in [0.4, 0.5) is 22.0 Å². The molecule has 0 bridgehead atoms. The smallest absolute Gasteiger partial charge is 0.463 e. The number of hydrogen-bond acceptors (Lipinski definition) is 4. The van der Waals surface area contributed by atoms with E-state index >= 15 is 0 Å². The van der Waals surface area contributed by atoms with Crippen LogP contribution < -0.4 is 0 Å². The topological polar surface area (TPSA) is 76.2 Å². The van der Waals surface area contributed by atoms with Crippen molar-refractivity contribution in [1.29, 1.82) is 0 Å². The van der Waals surface area contributed by atoms with Gasteiger partial charge in [0, 0.05) is 12.2 Å². The van der Waals surface area contributed by atoms with Gasteiger partial charge in [0.1, 0.15) is 0 Å². The highest BCUT2D eigenvalue weighted by molar-refractivity contribution is 5.84. The molecule has 1 N–H and O–H groups in total. The summed E-state index contributed by atoms with van der Waals surface area (Å²) in [4.78, 5) is 10.0. The Morgan fingerprint density at radius 3 is 2.29 bits per heavy atom. The lowest BCUT2D eigenvalue weighted by atomic mass is 10.3. The molecule has 0 aliphatic rings. The molecule has 1 heterocycles. The van der Waals surface area contributed by atoms with Crippen molar-refractivity contribution in [3.05, 3.63) is 17.9 Å². The highest BCUT2D eigenvalue weighted by atomic mass is 19.4. The van der Waals surface area contributed by atoms with Crippen LogP contribution in [-0.4, -0.2) is 27.4 Å². The zero-order valence-corrected chi connectivity index (χ0v) is 7.70. The van der Waals surface area contributed by atoms with Gasteiger partial charge in [0.15, 0.2) is 0 Å². The lowest BCUT2D eigenvalue weighted by Gasteiger charge is -2.14. The molecule has 0 saturated heterocycles. The summed E-state index contributed by atoms with van der Waals surface area (Å²) in [6.07, 6.45) is -4.83. The van der Waals surface area contributed by atoms with Crippen LogP contribution >= 0.6 is 0 Å². The summed E-state index contributed by atoms with van der Waals surface area (Å²) in [6, 6.07) is 0. The number of carboxylic acids is 1. The molecule has 0 aliphatic heterocycles. The van der Waals surface area contributed by atoms with E-state index in [-0.39, 0.29) is 0 Å². The van der Waals surface area contributed by atoms with Crippen molar-refractivity contribution in [3.63, 3.8) is 0 Å². The first-order chi connectivity index (χ1) is 7.64. The van der Waals surface area contributed by atoms with Crippen LogP contribution in [0.3, 0.4) is 0 Å². The van der Waals surface area contributed by atoms with Crippen LogP contribution in [0.1, 0.15) is 11.8 Å². The van der Waals surface area contributed by atoms with Crippen LogP contribution in [0.2, 0.25) is 0 Å². The molecule has 0 atom stereocenters. The zero-order valence-electron chi connectivity index (χ0n) is 7.70. The average Bonchev–Trinajstić information content (AvgIpc) is 2.61. The van der Waals surface area contributed by atoms with Crippen molar-refractivity contribution in [3.8, 4) is 0 Å². The SMILES string of the molecule is O=C(O)/C=C/c1nnc(C(F)(F)C(F)(F)F)o1. The molecule has 1 rings (SSSR count). The number of halogens is 5. The highest BCUT2D eigenvalue weighted by Crippen LogP contribution is 2.43. The molecule has 0 unspecified atom stereocenters. The van der Waals surface area contributed by atoms with E-state index in [1.807, 2.05) is 0 Å². The third kappa shape index (κ3) is 2.77. The largest absolute Gasteiger partial charge is 0.478 e. The van der Waals surface area contributed by atoms with E-state index in [2.05, 4.69) is 14.6 Å². The molecular weight excluding hydrogens is 255 g/mol. The van der Waals surface area contributed by atoms with Gasteiger partial charge in [-0.3, -0.25) is 0 Å². The minimum Gasteiger partial charge on any atom is -0.478 e. The Balaban J connectivity index is 2.99. The number of hydrogen-bond donors (Lipinski definition) is 1. The van der Waals surface area contributed by atoms with Gasteiger partial charge in [0.2, 0.25) is 5.89 Å². The molecule has 0 aliphatic carbocycles. The van der Waals surface area contributed by atoms with Gasteiger partial charge in [0.05, 0.1) is 0 Å². The summed E-state index contributed by atoms with van der Waals surface area (Å²) in [7, 11) is 0. The number of rotatable bonds is 3. The first kappa shape index (κ1) is 13.1. The molecule has 0 saturated carbocycles. The maximum absolute atomic E-state index is 12.6. The van der Waals surface area contributed by atoms with Crippen LogP contribution in [-0.2, 0) is 10.7 Å². The standard InChI is InChI=1S/C7H3F5N2O3/c8-6(9,7(10,11)12)5-14-13-3(17-5)1-2-4(15)16/h1-2H,(H,15,16)/b2-1+. The van der Waals surface area contributed by atoms with Crippen LogP contribution in [0.25, 0.3) is 6.08 Å². The van der Waals surface area contributed by atoms with Crippen molar-refractivity contribution in [2.24, 2.45) is 0 Å². The van der Waals surface area contributed by atoms with E-state index in [9.17, 15) is 26.7 Å². The maximum atomic E-state index is 12.6. The Morgan fingerprint density at radius 1 is 1.24 bits per heavy atom. The van der Waals surface area contributed by atoms with E-state index < -0.39 is 29.8 Å². The molecular formula is C7H3F5N2O3. The zero-order chi connectivity index (χ0) is 13.3. The van der Waals surface area contributed by atoms with Gasteiger partial charge in [-0.25, -0.2) is 4.79 Å². The molecule has 17 heavy (non-hydrogen) atoms. The summed E-state index contributed by atoms with van der Waals surface area (Å²) < 4.78 is 64.8. The Hall–Kier alpha value is -2.00. The highest BCUT2D eigenvalue weighted by Gasteiger charge is 2.62. The fourth-order valence-electron chi connectivity index (χ4n) is 0.693. The van der Waals surface area contributed by atoms with Crippen LogP contribution in [0, 0.1) is 0 Å². The van der Waals surface area contributed by atoms with Gasteiger partial charge < -0.3 is 9.52 Å². The van der Waals surface area contributed by atoms with Crippen molar-refractivity contribution >= 4 is 12.0 Å². The number of aromatic nitrogens is 2. The molecule has 0 spiro atoms. The molecule has 0 radical (unpaired) electrons. The lowest BCUT2D eigenvalue weighted by molar-refractivity contribution is -0.297. The van der Waals surface area contributed by atoms with E-state index in [0.717, 1.165) is 0 Å². The van der Waals surface area contributed by atoms with Gasteiger partial charge in [-0.15, -0.1) is 10.2 Å². The number of carboxylic acid groups (broad SMARTS) is 1. The fourth-order valence-corrected chi connectivity index (χ4v) is 0.693. The Kier molecular flexibility index (Phi) is 3.16. The van der Waals surface area contributed by atoms with E-state index in [4.69, 9.17) is 5.11 Å². The van der Waals surface area contributed by atoms with E-state index in [1.54, 1.807) is 0 Å². The first-order valence-corrected chi connectivity index (χ1v) is 3.84. The molecule has 0 aromatic carbocycles. The third-order valence-corrected chi connectivity index (χ3v) is 1.43. The molecule has 1 aromatic heterocycles. The van der Waals surface area contributed by atoms with Crippen molar-refractivity contribution in [2.45, 2.75) is 12.1 Å². The monoisotopic (exact) mass is 258 g/mol. The maximum Gasteiger partial charge on any atom is 0.463 e. The quantitative estimate of drug-likeness (QED) is 0.661. The van der Waals surface area contributed by atoms with Gasteiger partial charge in [-0.05, 0) is 0 Å². The lowest BCUT2D eigenvalue weighted by Crippen LogP contribution is -2.34. The van der Waals surface area contributed by atoms with Crippen LogP contribution in [0.15, 0.2) is 10.5 Å².